The number of hydrogen-bond acceptors (Lipinski definition) is 2. The number of carbonyl (C=O) groups is 2. The lowest BCUT2D eigenvalue weighted by molar-refractivity contribution is -0.116. The maximum absolute atomic E-state index is 12.0. The normalized spacial score (nSPS) is 10.2. The Morgan fingerprint density at radius 1 is 1.00 bits per heavy atom. The molecule has 2 aromatic carbocycles. The van der Waals surface area contributed by atoms with Gasteiger partial charge in [-0.2, -0.15) is 0 Å². The number of ketones is 1. The largest absolute Gasteiger partial charge is 0.325 e. The van der Waals surface area contributed by atoms with E-state index < -0.39 is 0 Å². The number of hydrogen-bond donors (Lipinski definition) is 1. The van der Waals surface area contributed by atoms with Crippen molar-refractivity contribution in [2.45, 2.75) is 26.7 Å². The van der Waals surface area contributed by atoms with Gasteiger partial charge in [-0.1, -0.05) is 36.4 Å². The Labute approximate surface area is 125 Å². The molecule has 0 saturated carbocycles. The first-order valence-corrected chi connectivity index (χ1v) is 7.02. The molecule has 0 bridgehead atoms. The summed E-state index contributed by atoms with van der Waals surface area (Å²) in [6.07, 6.45) is 1.10. The Hall–Kier alpha value is -2.42. The van der Waals surface area contributed by atoms with Crippen molar-refractivity contribution in [1.82, 2.24) is 0 Å². The fraction of sp³-hybridized carbons (Fsp3) is 0.222. The van der Waals surface area contributed by atoms with Crippen LogP contribution in [0.25, 0.3) is 0 Å². The zero-order valence-corrected chi connectivity index (χ0v) is 12.3. The number of nitrogens with one attached hydrogen (secondary N) is 1. The highest BCUT2D eigenvalue weighted by molar-refractivity contribution is 6.03. The lowest BCUT2D eigenvalue weighted by Crippen LogP contribution is -2.14. The minimum Gasteiger partial charge on any atom is -0.325 e. The smallest absolute Gasteiger partial charge is 0.224 e. The molecule has 0 saturated heterocycles. The van der Waals surface area contributed by atoms with Crippen molar-refractivity contribution in [2.24, 2.45) is 0 Å². The Balaban J connectivity index is 2.00. The summed E-state index contributed by atoms with van der Waals surface area (Å²) in [6, 6.07) is 15.1. The average molecular weight is 281 g/mol. The maximum atomic E-state index is 12.0. The summed E-state index contributed by atoms with van der Waals surface area (Å²) >= 11 is 0. The van der Waals surface area contributed by atoms with Crippen LogP contribution >= 0.6 is 0 Å². The number of aryl methyl sites for hydroxylation is 2. The Bertz CT molecular complexity index is 662. The first-order valence-electron chi connectivity index (χ1n) is 7.02. The quantitative estimate of drug-likeness (QED) is 0.848. The molecule has 0 radical (unpaired) electrons. The van der Waals surface area contributed by atoms with Crippen LogP contribution in [0.15, 0.2) is 48.5 Å². The van der Waals surface area contributed by atoms with Crippen molar-refractivity contribution in [1.29, 1.82) is 0 Å². The highest BCUT2D eigenvalue weighted by Crippen LogP contribution is 2.16. The topological polar surface area (TPSA) is 46.2 Å². The number of amides is 1. The Morgan fingerprint density at radius 3 is 2.38 bits per heavy atom. The molecule has 0 aliphatic rings. The van der Waals surface area contributed by atoms with Crippen molar-refractivity contribution in [3.8, 4) is 0 Å². The van der Waals surface area contributed by atoms with Gasteiger partial charge >= 0.3 is 0 Å². The zero-order valence-electron chi connectivity index (χ0n) is 12.3. The van der Waals surface area contributed by atoms with Gasteiger partial charge in [-0.15, -0.1) is 0 Å². The molecule has 0 unspecified atom stereocenters. The van der Waals surface area contributed by atoms with Crippen molar-refractivity contribution in [3.63, 3.8) is 0 Å². The summed E-state index contributed by atoms with van der Waals surface area (Å²) in [5.41, 5.74) is 3.49. The third-order valence-electron chi connectivity index (χ3n) is 3.46. The maximum Gasteiger partial charge on any atom is 0.224 e. The molecule has 0 atom stereocenters. The van der Waals surface area contributed by atoms with Gasteiger partial charge in [0.1, 0.15) is 0 Å². The van der Waals surface area contributed by atoms with E-state index >= 15 is 0 Å². The van der Waals surface area contributed by atoms with Crippen LogP contribution in [0.1, 0.15) is 34.8 Å². The minimum atomic E-state index is -0.0769. The summed E-state index contributed by atoms with van der Waals surface area (Å²) in [6.45, 7) is 3.54. The van der Waals surface area contributed by atoms with Crippen molar-refractivity contribution in [3.05, 3.63) is 65.2 Å². The lowest BCUT2D eigenvalue weighted by atomic mass is 10.0. The molecule has 1 N–H and O–H groups in total. The van der Waals surface area contributed by atoms with Gasteiger partial charge in [0.15, 0.2) is 5.78 Å². The van der Waals surface area contributed by atoms with E-state index in [1.165, 1.54) is 18.1 Å². The second-order valence-corrected chi connectivity index (χ2v) is 5.08. The number of rotatable bonds is 5. The van der Waals surface area contributed by atoms with Gasteiger partial charge in [0, 0.05) is 12.0 Å². The Kier molecular flexibility index (Phi) is 4.88. The van der Waals surface area contributed by atoms with Crippen molar-refractivity contribution < 1.29 is 9.59 Å². The van der Waals surface area contributed by atoms with Crippen LogP contribution < -0.4 is 5.32 Å². The number of para-hydroxylation sites is 1. The van der Waals surface area contributed by atoms with Crippen LogP contribution in [-0.2, 0) is 11.2 Å². The monoisotopic (exact) mass is 281 g/mol. The molecule has 3 heteroatoms. The van der Waals surface area contributed by atoms with Gasteiger partial charge in [-0.05, 0) is 43.5 Å². The van der Waals surface area contributed by atoms with Gasteiger partial charge in [0.2, 0.25) is 5.91 Å². The summed E-state index contributed by atoms with van der Waals surface area (Å²) in [7, 11) is 0. The summed E-state index contributed by atoms with van der Waals surface area (Å²) in [5, 5.41) is 2.82. The van der Waals surface area contributed by atoms with Crippen LogP contribution in [-0.4, -0.2) is 11.7 Å². The molecular weight excluding hydrogens is 262 g/mol. The highest BCUT2D eigenvalue weighted by atomic mass is 16.1. The molecule has 3 nitrogen and oxygen atoms in total. The molecular formula is C18H19NO2. The van der Waals surface area contributed by atoms with Crippen LogP contribution in [0.5, 0.6) is 0 Å². The standard InChI is InChI=1S/C18H19NO2/c1-13-7-3-4-8-15(13)11-12-18(21)19-17-10-6-5-9-16(17)14(2)20/h3-10H,11-12H2,1-2H3,(H,19,21). The molecule has 0 aliphatic heterocycles. The number of Topliss-reactive ketones (excluding diaryl/α,β-unsaturated/α-hetero) is 1. The predicted molar refractivity (Wildman–Crippen MR) is 84.6 cm³/mol. The number of carbonyl (C=O) groups excluding carboxylic acids is 2. The van der Waals surface area contributed by atoms with E-state index in [4.69, 9.17) is 0 Å². The molecule has 0 fully saturated rings. The first-order chi connectivity index (χ1) is 10.1. The SMILES string of the molecule is CC(=O)c1ccccc1NC(=O)CCc1ccccc1C. The van der Waals surface area contributed by atoms with Crippen LogP contribution in [0.2, 0.25) is 0 Å². The molecule has 2 aromatic rings. The number of benzene rings is 2. The Morgan fingerprint density at radius 2 is 1.67 bits per heavy atom. The molecule has 1 amide bonds. The fourth-order valence-electron chi connectivity index (χ4n) is 2.25. The van der Waals surface area contributed by atoms with E-state index in [9.17, 15) is 9.59 Å². The van der Waals surface area contributed by atoms with E-state index in [2.05, 4.69) is 5.32 Å². The molecule has 2 rings (SSSR count). The van der Waals surface area contributed by atoms with Crippen LogP contribution in [0, 0.1) is 6.92 Å². The summed E-state index contributed by atoms with van der Waals surface area (Å²) in [5.74, 6) is -0.128. The molecule has 108 valence electrons. The second-order valence-electron chi connectivity index (χ2n) is 5.08. The van der Waals surface area contributed by atoms with Gasteiger partial charge < -0.3 is 5.32 Å². The van der Waals surface area contributed by atoms with Crippen LogP contribution in [0.4, 0.5) is 5.69 Å². The predicted octanol–water partition coefficient (Wildman–Crippen LogP) is 3.77. The lowest BCUT2D eigenvalue weighted by Gasteiger charge is -2.09. The van der Waals surface area contributed by atoms with Gasteiger partial charge in [0.25, 0.3) is 0 Å². The summed E-state index contributed by atoms with van der Waals surface area (Å²) in [4.78, 5) is 23.6. The van der Waals surface area contributed by atoms with E-state index in [1.807, 2.05) is 37.3 Å². The average Bonchev–Trinajstić information content (AvgIpc) is 2.47. The van der Waals surface area contributed by atoms with Crippen molar-refractivity contribution in [2.75, 3.05) is 5.32 Å². The highest BCUT2D eigenvalue weighted by Gasteiger charge is 2.10. The van der Waals surface area contributed by atoms with E-state index in [0.29, 0.717) is 24.1 Å². The molecule has 0 heterocycles. The van der Waals surface area contributed by atoms with Gasteiger partial charge in [-0.3, -0.25) is 9.59 Å². The van der Waals surface area contributed by atoms with Gasteiger partial charge in [-0.25, -0.2) is 0 Å². The number of anilines is 1. The molecule has 21 heavy (non-hydrogen) atoms. The van der Waals surface area contributed by atoms with Crippen LogP contribution in [0.3, 0.4) is 0 Å². The van der Waals surface area contributed by atoms with E-state index in [-0.39, 0.29) is 11.7 Å². The minimum absolute atomic E-state index is 0.0511. The molecule has 0 aliphatic carbocycles. The third kappa shape index (κ3) is 4.02. The van der Waals surface area contributed by atoms with Gasteiger partial charge in [0.05, 0.1) is 5.69 Å². The van der Waals surface area contributed by atoms with E-state index in [0.717, 1.165) is 0 Å². The second kappa shape index (κ2) is 6.84. The summed E-state index contributed by atoms with van der Waals surface area (Å²) < 4.78 is 0. The first kappa shape index (κ1) is 15.0. The molecule has 0 spiro atoms. The zero-order chi connectivity index (χ0) is 15.2. The molecule has 0 aromatic heterocycles. The van der Waals surface area contributed by atoms with E-state index in [1.54, 1.807) is 18.2 Å². The third-order valence-corrected chi connectivity index (χ3v) is 3.46. The van der Waals surface area contributed by atoms with Crippen molar-refractivity contribution >= 4 is 17.4 Å². The fourth-order valence-corrected chi connectivity index (χ4v) is 2.25.